The lowest BCUT2D eigenvalue weighted by Crippen LogP contribution is -2.45. The summed E-state index contributed by atoms with van der Waals surface area (Å²) in [5.74, 6) is -2.93. The molecule has 10 heteroatoms. The molecule has 0 radical (unpaired) electrons. The maximum atomic E-state index is 13.4. The number of esters is 1. The predicted molar refractivity (Wildman–Crippen MR) is 157 cm³/mol. The molecule has 0 saturated carbocycles. The minimum Gasteiger partial charge on any atom is -0.507 e. The van der Waals surface area contributed by atoms with Gasteiger partial charge in [0.25, 0.3) is 0 Å². The van der Waals surface area contributed by atoms with Gasteiger partial charge in [0.05, 0.1) is 30.4 Å². The van der Waals surface area contributed by atoms with Crippen molar-refractivity contribution in [2.45, 2.75) is 72.3 Å². The van der Waals surface area contributed by atoms with E-state index in [1.54, 1.807) is 39.8 Å². The normalized spacial score (nSPS) is 16.3. The molecular weight excluding hydrogens is 554 g/mol. The monoisotopic (exact) mass is 593 g/mol. The van der Waals surface area contributed by atoms with Crippen LogP contribution < -0.4 is 10.1 Å². The number of fused-ring (bicyclic) bond motifs is 3. The zero-order chi connectivity index (χ0) is 31.6. The van der Waals surface area contributed by atoms with Gasteiger partial charge in [-0.05, 0) is 43.6 Å². The molecule has 10 nitrogen and oxygen atoms in total. The number of carbonyl (C=O) groups excluding carboxylic acids is 5. The van der Waals surface area contributed by atoms with Crippen LogP contribution in [0.5, 0.6) is 17.2 Å². The van der Waals surface area contributed by atoms with Gasteiger partial charge in [0.2, 0.25) is 11.7 Å². The van der Waals surface area contributed by atoms with Crippen LogP contribution in [0.4, 0.5) is 0 Å². The van der Waals surface area contributed by atoms with E-state index in [2.05, 4.69) is 5.32 Å². The highest BCUT2D eigenvalue weighted by Gasteiger charge is 2.40. The van der Waals surface area contributed by atoms with Gasteiger partial charge in [-0.15, -0.1) is 0 Å². The van der Waals surface area contributed by atoms with Crippen molar-refractivity contribution in [2.24, 2.45) is 17.8 Å². The number of ether oxygens (including phenoxy) is 2. The summed E-state index contributed by atoms with van der Waals surface area (Å²) in [6, 6.07) is 3.79. The van der Waals surface area contributed by atoms with Crippen molar-refractivity contribution in [3.05, 3.63) is 51.6 Å². The number of hydrogen-bond acceptors (Lipinski definition) is 9. The molecule has 0 aromatic heterocycles. The molecule has 2 unspecified atom stereocenters. The topological polar surface area (TPSA) is 156 Å². The van der Waals surface area contributed by atoms with E-state index >= 15 is 0 Å². The molecule has 0 bridgehead atoms. The molecule has 2 aromatic carbocycles. The highest BCUT2D eigenvalue weighted by molar-refractivity contribution is 6.31. The van der Waals surface area contributed by atoms with Crippen LogP contribution in [0.15, 0.2) is 18.2 Å². The van der Waals surface area contributed by atoms with E-state index in [0.29, 0.717) is 36.8 Å². The summed E-state index contributed by atoms with van der Waals surface area (Å²) >= 11 is 0. The SMILES string of the molecule is COc1cccc2c1C(=O)c1c(O)c3c(c(O)c1C2=O)CC(CCOC(=O)C(NC(=O)CCC(=O)C(C)C)C(C)C)CC3. The molecule has 43 heavy (non-hydrogen) atoms. The van der Waals surface area contributed by atoms with Gasteiger partial charge in [0.1, 0.15) is 29.1 Å². The average molecular weight is 594 g/mol. The molecule has 0 spiro atoms. The zero-order valence-electron chi connectivity index (χ0n) is 25.2. The second-order valence-corrected chi connectivity index (χ2v) is 11.9. The van der Waals surface area contributed by atoms with Crippen LogP contribution in [-0.2, 0) is 32.0 Å². The summed E-state index contributed by atoms with van der Waals surface area (Å²) < 4.78 is 10.8. The van der Waals surface area contributed by atoms with Crippen LogP contribution in [0, 0.1) is 17.8 Å². The van der Waals surface area contributed by atoms with Crippen LogP contribution in [0.1, 0.15) is 96.3 Å². The Hall–Kier alpha value is -4.21. The van der Waals surface area contributed by atoms with Gasteiger partial charge in [-0.1, -0.05) is 39.8 Å². The third-order valence-corrected chi connectivity index (χ3v) is 8.38. The van der Waals surface area contributed by atoms with E-state index in [-0.39, 0.29) is 88.4 Å². The first-order valence-corrected chi connectivity index (χ1v) is 14.7. The molecule has 0 heterocycles. The fourth-order valence-corrected chi connectivity index (χ4v) is 5.81. The Kier molecular flexibility index (Phi) is 9.57. The molecule has 2 aliphatic rings. The minimum atomic E-state index is -0.855. The van der Waals surface area contributed by atoms with E-state index in [4.69, 9.17) is 9.47 Å². The highest BCUT2D eigenvalue weighted by Crippen LogP contribution is 2.47. The van der Waals surface area contributed by atoms with Crippen LogP contribution in [0.2, 0.25) is 0 Å². The van der Waals surface area contributed by atoms with Gasteiger partial charge in [-0.2, -0.15) is 0 Å². The van der Waals surface area contributed by atoms with Gasteiger partial charge in [0.15, 0.2) is 5.78 Å². The van der Waals surface area contributed by atoms with Gasteiger partial charge in [0, 0.05) is 35.4 Å². The predicted octanol–water partition coefficient (Wildman–Crippen LogP) is 4.07. The first-order valence-electron chi connectivity index (χ1n) is 14.7. The number of phenolic OH excluding ortho intramolecular Hbond substituents is 2. The lowest BCUT2D eigenvalue weighted by molar-refractivity contribution is -0.149. The van der Waals surface area contributed by atoms with Crippen LogP contribution >= 0.6 is 0 Å². The second kappa shape index (κ2) is 13.0. The summed E-state index contributed by atoms with van der Waals surface area (Å²) in [4.78, 5) is 63.9. The van der Waals surface area contributed by atoms with Gasteiger partial charge in [-0.3, -0.25) is 19.2 Å². The first-order chi connectivity index (χ1) is 20.4. The lowest BCUT2D eigenvalue weighted by Gasteiger charge is -2.30. The van der Waals surface area contributed by atoms with Gasteiger partial charge >= 0.3 is 5.97 Å². The second-order valence-electron chi connectivity index (χ2n) is 11.9. The van der Waals surface area contributed by atoms with Gasteiger partial charge < -0.3 is 25.0 Å². The molecule has 2 aliphatic carbocycles. The van der Waals surface area contributed by atoms with Crippen molar-refractivity contribution in [1.29, 1.82) is 0 Å². The van der Waals surface area contributed by atoms with E-state index in [0.717, 1.165) is 0 Å². The Morgan fingerprint density at radius 2 is 1.63 bits per heavy atom. The van der Waals surface area contributed by atoms with Crippen molar-refractivity contribution < 1.29 is 43.7 Å². The number of amides is 1. The number of benzene rings is 2. The molecule has 1 amide bonds. The van der Waals surface area contributed by atoms with Crippen LogP contribution in [-0.4, -0.2) is 59.2 Å². The Morgan fingerprint density at radius 3 is 2.28 bits per heavy atom. The number of phenols is 2. The third-order valence-electron chi connectivity index (χ3n) is 8.38. The molecule has 2 atom stereocenters. The maximum absolute atomic E-state index is 13.4. The summed E-state index contributed by atoms with van der Waals surface area (Å²) in [5.41, 5.74) is 0.592. The molecule has 0 saturated heterocycles. The van der Waals surface area contributed by atoms with Crippen LogP contribution in [0.3, 0.4) is 0 Å². The van der Waals surface area contributed by atoms with E-state index in [1.165, 1.54) is 13.2 Å². The number of carbonyl (C=O) groups is 5. The Bertz CT molecular complexity index is 1470. The van der Waals surface area contributed by atoms with Crippen molar-refractivity contribution in [3.8, 4) is 17.2 Å². The minimum absolute atomic E-state index is 0.00225. The molecule has 3 N–H and O–H groups in total. The lowest BCUT2D eigenvalue weighted by atomic mass is 9.75. The summed E-state index contributed by atoms with van der Waals surface area (Å²) in [6.45, 7) is 7.20. The zero-order valence-corrected chi connectivity index (χ0v) is 25.2. The molecule has 0 aliphatic heterocycles. The Balaban J connectivity index is 1.43. The molecule has 0 fully saturated rings. The fourth-order valence-electron chi connectivity index (χ4n) is 5.81. The maximum Gasteiger partial charge on any atom is 0.328 e. The Morgan fingerprint density at radius 1 is 0.953 bits per heavy atom. The number of aromatic hydroxyl groups is 2. The van der Waals surface area contributed by atoms with Crippen molar-refractivity contribution in [3.63, 3.8) is 0 Å². The van der Waals surface area contributed by atoms with E-state index < -0.39 is 23.6 Å². The van der Waals surface area contributed by atoms with Crippen molar-refractivity contribution in [2.75, 3.05) is 13.7 Å². The standard InChI is InChI=1S/C33H39NO9/c1-16(2)22(35)11-12-24(36)34-28(17(3)4)33(41)43-14-13-18-9-10-19-21(15-18)31(39)26-27(29(19)37)32(40)25-20(30(26)38)7-6-8-23(25)42-5/h6-8,16-18,28,37,39H,9-15H2,1-5H3,(H,34,36). The molecule has 230 valence electrons. The number of rotatable bonds is 11. The fraction of sp³-hybridized carbons (Fsp3) is 0.485. The average Bonchev–Trinajstić information content (AvgIpc) is 2.98. The molecule has 2 aromatic rings. The quantitative estimate of drug-likeness (QED) is 0.220. The summed E-state index contributed by atoms with van der Waals surface area (Å²) in [5, 5.41) is 25.1. The first kappa shape index (κ1) is 31.7. The number of hydrogen-bond donors (Lipinski definition) is 3. The smallest absolute Gasteiger partial charge is 0.328 e. The van der Waals surface area contributed by atoms with Crippen LogP contribution in [0.25, 0.3) is 0 Å². The van der Waals surface area contributed by atoms with E-state index in [1.807, 2.05) is 0 Å². The van der Waals surface area contributed by atoms with Crippen molar-refractivity contribution in [1.82, 2.24) is 5.32 Å². The third kappa shape index (κ3) is 6.28. The van der Waals surface area contributed by atoms with Gasteiger partial charge in [-0.25, -0.2) is 4.79 Å². The van der Waals surface area contributed by atoms with E-state index in [9.17, 15) is 34.2 Å². The number of Topliss-reactive ketones (excluding diaryl/α,β-unsaturated/α-hetero) is 1. The summed E-state index contributed by atoms with van der Waals surface area (Å²) in [7, 11) is 1.39. The van der Waals surface area contributed by atoms with Crippen molar-refractivity contribution >= 4 is 29.2 Å². The number of nitrogens with one attached hydrogen (secondary N) is 1. The molecule has 4 rings (SSSR count). The number of ketones is 3. The molecular formula is C33H39NO9. The highest BCUT2D eigenvalue weighted by atomic mass is 16.5. The Labute approximate surface area is 250 Å². The summed E-state index contributed by atoms with van der Waals surface area (Å²) in [6.07, 6.45) is 1.85. The number of methoxy groups -OCH3 is 1. The largest absolute Gasteiger partial charge is 0.507 e.